The predicted octanol–water partition coefficient (Wildman–Crippen LogP) is 1.19. The van der Waals surface area contributed by atoms with Crippen LogP contribution in [-0.4, -0.2) is 20.2 Å². The van der Waals surface area contributed by atoms with Crippen molar-refractivity contribution in [3.05, 3.63) is 30.3 Å². The SMILES string of the molecule is NNC(=[Se])Nc1ccccc1.[Cl][Pt][Cl]. The maximum atomic E-state index is 5.14. The molecule has 0 saturated carbocycles. The van der Waals surface area contributed by atoms with Crippen LogP contribution in [0.15, 0.2) is 30.3 Å². The van der Waals surface area contributed by atoms with Crippen molar-refractivity contribution in [3.8, 4) is 0 Å². The topological polar surface area (TPSA) is 50.1 Å². The van der Waals surface area contributed by atoms with Crippen LogP contribution in [0.2, 0.25) is 0 Å². The molecule has 14 heavy (non-hydrogen) atoms. The standard InChI is InChI=1S/C7H9N3Se.2ClH.Pt/c8-10-7(11)9-6-4-2-1-3-5-6;;;/h1-5H,8H2,(H2,9,10,11);2*1H;/q;;;+2/p-2. The molecule has 4 N–H and O–H groups in total. The molecule has 3 nitrogen and oxygen atoms in total. The van der Waals surface area contributed by atoms with Gasteiger partial charge < -0.3 is 0 Å². The summed E-state index contributed by atoms with van der Waals surface area (Å²) in [4.78, 5) is 0. The van der Waals surface area contributed by atoms with Crippen molar-refractivity contribution in [2.45, 2.75) is 0 Å². The van der Waals surface area contributed by atoms with E-state index in [1.165, 1.54) is 0 Å². The van der Waals surface area contributed by atoms with E-state index in [-0.39, 0.29) is 0 Å². The van der Waals surface area contributed by atoms with E-state index in [2.05, 4.69) is 26.3 Å². The molecule has 0 bridgehead atoms. The summed E-state index contributed by atoms with van der Waals surface area (Å²) >= 11 is 2.27. The average molecular weight is 480 g/mol. The van der Waals surface area contributed by atoms with Crippen molar-refractivity contribution in [1.29, 1.82) is 0 Å². The molecule has 0 aliphatic heterocycles. The van der Waals surface area contributed by atoms with E-state index in [9.17, 15) is 0 Å². The zero-order chi connectivity index (χ0) is 10.8. The van der Waals surface area contributed by atoms with E-state index >= 15 is 0 Å². The minimum atomic E-state index is -0.472. The van der Waals surface area contributed by atoms with Crippen molar-refractivity contribution >= 4 is 44.8 Å². The first-order chi connectivity index (χ1) is 6.74. The first-order valence-electron chi connectivity index (χ1n) is 3.39. The Hall–Kier alpha value is 0.438. The minimum absolute atomic E-state index is 0.472. The van der Waals surface area contributed by atoms with Gasteiger partial charge in [-0.25, -0.2) is 0 Å². The van der Waals surface area contributed by atoms with Gasteiger partial charge >= 0.3 is 108 Å². The molecule has 0 aromatic heterocycles. The van der Waals surface area contributed by atoms with E-state index < -0.39 is 16.5 Å². The van der Waals surface area contributed by atoms with Crippen molar-refractivity contribution in [2.24, 2.45) is 5.84 Å². The van der Waals surface area contributed by atoms with E-state index in [0.717, 1.165) is 5.69 Å². The summed E-state index contributed by atoms with van der Waals surface area (Å²) in [5.74, 6) is 5.14. The Balaban J connectivity index is 0.000000500. The number of anilines is 1. The van der Waals surface area contributed by atoms with E-state index in [0.29, 0.717) is 4.67 Å². The molecule has 0 spiro atoms. The normalized spacial score (nSPS) is 8.50. The van der Waals surface area contributed by atoms with Gasteiger partial charge in [-0.3, -0.25) is 0 Å². The Morgan fingerprint density at radius 3 is 2.21 bits per heavy atom. The van der Waals surface area contributed by atoms with E-state index in [1.54, 1.807) is 0 Å². The summed E-state index contributed by atoms with van der Waals surface area (Å²) in [6.45, 7) is 0. The fourth-order valence-corrected chi connectivity index (χ4v) is 0.936. The molecule has 0 aliphatic carbocycles. The molecule has 1 rings (SSSR count). The first-order valence-corrected chi connectivity index (χ1v) is 9.88. The number of nitrogens with one attached hydrogen (secondary N) is 2. The van der Waals surface area contributed by atoms with E-state index in [1.807, 2.05) is 30.3 Å². The summed E-state index contributed by atoms with van der Waals surface area (Å²) in [6.07, 6.45) is 0. The van der Waals surface area contributed by atoms with Crippen LogP contribution in [0.1, 0.15) is 0 Å². The molecule has 0 radical (unpaired) electrons. The molecule has 0 fully saturated rings. The number of halogens is 2. The maximum absolute atomic E-state index is 5.14. The zero-order valence-corrected chi connectivity index (χ0v) is 12.4. The summed E-state index contributed by atoms with van der Waals surface area (Å²) < 4.78 is 0.705. The molecule has 7 heteroatoms. The monoisotopic (exact) mass is 480 g/mol. The summed E-state index contributed by atoms with van der Waals surface area (Å²) in [7, 11) is 9.75. The van der Waals surface area contributed by atoms with Crippen LogP contribution in [0, 0.1) is 0 Å². The predicted molar refractivity (Wildman–Crippen MR) is 59.9 cm³/mol. The second-order valence-electron chi connectivity index (χ2n) is 2.01. The number of hydrazine groups is 1. The molecule has 0 heterocycles. The molecule has 0 atom stereocenters. The van der Waals surface area contributed by atoms with Gasteiger partial charge in [0.25, 0.3) is 0 Å². The molecule has 0 aliphatic rings. The fourth-order valence-electron chi connectivity index (χ4n) is 0.689. The first kappa shape index (κ1) is 14.4. The van der Waals surface area contributed by atoms with Gasteiger partial charge in [-0.15, -0.1) is 0 Å². The number of rotatable bonds is 3. The number of nitrogens with two attached hydrogens (primary N) is 1. The molecule has 0 saturated heterocycles. The summed E-state index contributed by atoms with van der Waals surface area (Å²) in [6, 6.07) is 9.77. The van der Waals surface area contributed by atoms with Gasteiger partial charge in [-0.1, -0.05) is 0 Å². The van der Waals surface area contributed by atoms with Crippen LogP contribution in [0.5, 0.6) is 0 Å². The van der Waals surface area contributed by atoms with Crippen molar-refractivity contribution < 1.29 is 16.5 Å². The van der Waals surface area contributed by atoms with Crippen LogP contribution in [0.25, 0.3) is 0 Å². The second-order valence-corrected chi connectivity index (χ2v) is 6.15. The van der Waals surface area contributed by atoms with Crippen LogP contribution in [0.4, 0.5) is 5.69 Å². The van der Waals surface area contributed by atoms with Gasteiger partial charge in [0.1, 0.15) is 0 Å². The molecule has 82 valence electrons. The van der Waals surface area contributed by atoms with Gasteiger partial charge in [0.05, 0.1) is 0 Å². The number of benzene rings is 1. The van der Waals surface area contributed by atoms with Crippen molar-refractivity contribution in [3.63, 3.8) is 0 Å². The summed E-state index contributed by atoms with van der Waals surface area (Å²) in [5, 5.41) is 3.02. The Labute approximate surface area is 107 Å². The third-order valence-electron chi connectivity index (χ3n) is 1.16. The van der Waals surface area contributed by atoms with Gasteiger partial charge in [0.2, 0.25) is 0 Å². The van der Waals surface area contributed by atoms with Crippen LogP contribution in [0.3, 0.4) is 0 Å². The zero-order valence-electron chi connectivity index (χ0n) is 6.94. The van der Waals surface area contributed by atoms with Crippen molar-refractivity contribution in [2.75, 3.05) is 5.32 Å². The average Bonchev–Trinajstić information content (AvgIpc) is 2.20. The molecule has 0 unspecified atom stereocenters. The van der Waals surface area contributed by atoms with Crippen LogP contribution in [-0.2, 0) is 16.5 Å². The molecule has 0 amide bonds. The molecular weight excluding hydrogens is 471 g/mol. The van der Waals surface area contributed by atoms with Gasteiger partial charge in [-0.05, 0) is 0 Å². The Morgan fingerprint density at radius 2 is 1.79 bits per heavy atom. The van der Waals surface area contributed by atoms with Gasteiger partial charge in [0, 0.05) is 0 Å². The van der Waals surface area contributed by atoms with Gasteiger partial charge in [-0.2, -0.15) is 0 Å². The van der Waals surface area contributed by atoms with Crippen LogP contribution >= 0.6 is 18.8 Å². The van der Waals surface area contributed by atoms with E-state index in [4.69, 9.17) is 24.7 Å². The number of hydrogen-bond donors (Lipinski definition) is 3. The second kappa shape index (κ2) is 9.97. The Morgan fingerprint density at radius 1 is 1.29 bits per heavy atom. The van der Waals surface area contributed by atoms with Crippen molar-refractivity contribution in [1.82, 2.24) is 5.43 Å². The number of para-hydroxylation sites is 1. The molecule has 1 aromatic rings. The quantitative estimate of drug-likeness (QED) is 0.347. The third kappa shape index (κ3) is 7.81. The molecular formula is C7H9Cl2N3PtSe. The Bertz CT molecular complexity index is 260. The van der Waals surface area contributed by atoms with Crippen LogP contribution < -0.4 is 16.6 Å². The number of hydrogen-bond acceptors (Lipinski definition) is 3. The summed E-state index contributed by atoms with van der Waals surface area (Å²) in [5.41, 5.74) is 3.46. The fraction of sp³-hybridized carbons (Fsp3) is 0. The Kier molecular flexibility index (Phi) is 10.3. The third-order valence-corrected chi connectivity index (χ3v) is 1.62. The van der Waals surface area contributed by atoms with Gasteiger partial charge in [0.15, 0.2) is 0 Å². The molecule has 1 aromatic carbocycles.